The number of halogens is 2. The molecule has 0 atom stereocenters. The first kappa shape index (κ1) is 21.9. The van der Waals surface area contributed by atoms with Crippen LogP contribution >= 0.6 is 23.2 Å². The predicted molar refractivity (Wildman–Crippen MR) is 124 cm³/mol. The minimum absolute atomic E-state index is 0.223. The van der Waals surface area contributed by atoms with Crippen LogP contribution in [0.3, 0.4) is 0 Å². The standard InChI is InChI=1S/C25H23Cl2NO2/c1-18(2)25(29)30-17-21-7-13-24(14-8-21)28(15-19-3-9-22(26)10-4-19)16-20-5-11-23(27)12-6-20/h3-14H,1,15-17H2,2H3. The number of hydrogen-bond acceptors (Lipinski definition) is 3. The maximum atomic E-state index is 11.6. The van der Waals surface area contributed by atoms with Crippen molar-refractivity contribution in [1.29, 1.82) is 0 Å². The third kappa shape index (κ3) is 6.38. The summed E-state index contributed by atoms with van der Waals surface area (Å²) < 4.78 is 5.23. The molecule has 3 aromatic carbocycles. The lowest BCUT2D eigenvalue weighted by Crippen LogP contribution is -2.22. The Balaban J connectivity index is 1.77. The quantitative estimate of drug-likeness (QED) is 0.284. The van der Waals surface area contributed by atoms with Crippen molar-refractivity contribution < 1.29 is 9.53 Å². The zero-order valence-electron chi connectivity index (χ0n) is 16.8. The number of carbonyl (C=O) groups excluding carboxylic acids is 1. The molecular weight excluding hydrogens is 417 g/mol. The molecule has 0 aliphatic rings. The molecule has 0 aromatic heterocycles. The van der Waals surface area contributed by atoms with Crippen LogP contribution in [-0.4, -0.2) is 5.97 Å². The fraction of sp³-hybridized carbons (Fsp3) is 0.160. The van der Waals surface area contributed by atoms with Crippen LogP contribution in [0.5, 0.6) is 0 Å². The molecule has 0 spiro atoms. The molecular formula is C25H23Cl2NO2. The van der Waals surface area contributed by atoms with E-state index in [1.807, 2.05) is 72.8 Å². The second-order valence-corrected chi connectivity index (χ2v) is 8.00. The van der Waals surface area contributed by atoms with E-state index in [1.165, 1.54) is 0 Å². The van der Waals surface area contributed by atoms with Crippen LogP contribution in [-0.2, 0) is 29.2 Å². The van der Waals surface area contributed by atoms with Crippen LogP contribution in [0.15, 0.2) is 84.9 Å². The summed E-state index contributed by atoms with van der Waals surface area (Å²) in [5.41, 5.74) is 4.70. The second kappa shape index (κ2) is 10.3. The van der Waals surface area contributed by atoms with Crippen LogP contribution < -0.4 is 4.90 Å². The first-order chi connectivity index (χ1) is 14.4. The molecule has 0 heterocycles. The van der Waals surface area contributed by atoms with Crippen molar-refractivity contribution in [3.05, 3.63) is 112 Å². The number of nitrogens with zero attached hydrogens (tertiary/aromatic N) is 1. The van der Waals surface area contributed by atoms with Crippen molar-refractivity contribution in [2.24, 2.45) is 0 Å². The summed E-state index contributed by atoms with van der Waals surface area (Å²) in [5.74, 6) is -0.383. The van der Waals surface area contributed by atoms with Gasteiger partial charge in [0.25, 0.3) is 0 Å². The van der Waals surface area contributed by atoms with Gasteiger partial charge in [-0.3, -0.25) is 0 Å². The van der Waals surface area contributed by atoms with Gasteiger partial charge in [-0.1, -0.05) is 66.2 Å². The third-order valence-corrected chi connectivity index (χ3v) is 5.10. The molecule has 30 heavy (non-hydrogen) atoms. The first-order valence-electron chi connectivity index (χ1n) is 9.56. The molecule has 154 valence electrons. The number of benzene rings is 3. The highest BCUT2D eigenvalue weighted by Gasteiger charge is 2.10. The molecule has 0 amide bonds. The topological polar surface area (TPSA) is 29.5 Å². The molecule has 0 N–H and O–H groups in total. The Bertz CT molecular complexity index is 949. The van der Waals surface area contributed by atoms with Gasteiger partial charge in [0, 0.05) is 34.4 Å². The van der Waals surface area contributed by atoms with E-state index >= 15 is 0 Å². The van der Waals surface area contributed by atoms with E-state index in [0.717, 1.165) is 45.5 Å². The number of anilines is 1. The summed E-state index contributed by atoms with van der Waals surface area (Å²) >= 11 is 12.1. The third-order valence-electron chi connectivity index (χ3n) is 4.59. The minimum Gasteiger partial charge on any atom is -0.457 e. The van der Waals surface area contributed by atoms with E-state index in [2.05, 4.69) is 11.5 Å². The molecule has 0 fully saturated rings. The summed E-state index contributed by atoms with van der Waals surface area (Å²) in [5, 5.41) is 1.44. The molecule has 0 radical (unpaired) electrons. The van der Waals surface area contributed by atoms with E-state index in [0.29, 0.717) is 5.57 Å². The highest BCUT2D eigenvalue weighted by Crippen LogP contribution is 2.23. The lowest BCUT2D eigenvalue weighted by atomic mass is 10.1. The number of hydrogen-bond donors (Lipinski definition) is 0. The lowest BCUT2D eigenvalue weighted by Gasteiger charge is -2.25. The van der Waals surface area contributed by atoms with E-state index in [-0.39, 0.29) is 12.6 Å². The summed E-state index contributed by atoms with van der Waals surface area (Å²) in [6.07, 6.45) is 0. The van der Waals surface area contributed by atoms with Crippen molar-refractivity contribution in [2.75, 3.05) is 4.90 Å². The van der Waals surface area contributed by atoms with Gasteiger partial charge >= 0.3 is 5.97 Å². The largest absolute Gasteiger partial charge is 0.457 e. The van der Waals surface area contributed by atoms with Crippen molar-refractivity contribution in [3.8, 4) is 0 Å². The average molecular weight is 440 g/mol. The molecule has 0 aliphatic heterocycles. The smallest absolute Gasteiger partial charge is 0.333 e. The fourth-order valence-electron chi connectivity index (χ4n) is 2.93. The zero-order chi connectivity index (χ0) is 21.5. The van der Waals surface area contributed by atoms with Gasteiger partial charge in [-0.2, -0.15) is 0 Å². The van der Waals surface area contributed by atoms with Crippen LogP contribution in [0.2, 0.25) is 10.0 Å². The van der Waals surface area contributed by atoms with Gasteiger partial charge in [-0.25, -0.2) is 4.79 Å². The Morgan fingerprint density at radius 1 is 0.800 bits per heavy atom. The summed E-state index contributed by atoms with van der Waals surface area (Å²) in [7, 11) is 0. The molecule has 0 unspecified atom stereocenters. The Kier molecular flexibility index (Phi) is 7.56. The monoisotopic (exact) mass is 439 g/mol. The van der Waals surface area contributed by atoms with Gasteiger partial charge < -0.3 is 9.64 Å². The summed E-state index contributed by atoms with van der Waals surface area (Å²) in [4.78, 5) is 13.9. The number of ether oxygens (including phenoxy) is 1. The normalized spacial score (nSPS) is 10.5. The second-order valence-electron chi connectivity index (χ2n) is 7.13. The van der Waals surface area contributed by atoms with E-state index in [4.69, 9.17) is 27.9 Å². The summed E-state index contributed by atoms with van der Waals surface area (Å²) in [6, 6.07) is 23.7. The van der Waals surface area contributed by atoms with E-state index < -0.39 is 0 Å². The van der Waals surface area contributed by atoms with Gasteiger partial charge in [0.05, 0.1) is 0 Å². The predicted octanol–water partition coefficient (Wildman–Crippen LogP) is 6.82. The zero-order valence-corrected chi connectivity index (χ0v) is 18.3. The van der Waals surface area contributed by atoms with Gasteiger partial charge in [0.1, 0.15) is 6.61 Å². The highest BCUT2D eigenvalue weighted by molar-refractivity contribution is 6.30. The van der Waals surface area contributed by atoms with Crippen LogP contribution in [0.25, 0.3) is 0 Å². The van der Waals surface area contributed by atoms with Gasteiger partial charge in [0.2, 0.25) is 0 Å². The van der Waals surface area contributed by atoms with Gasteiger partial charge in [0.15, 0.2) is 0 Å². The van der Waals surface area contributed by atoms with Gasteiger partial charge in [-0.15, -0.1) is 0 Å². The molecule has 0 saturated carbocycles. The molecule has 3 nitrogen and oxygen atoms in total. The molecule has 5 heteroatoms. The van der Waals surface area contributed by atoms with Crippen molar-refractivity contribution in [2.45, 2.75) is 26.6 Å². The highest BCUT2D eigenvalue weighted by atomic mass is 35.5. The molecule has 0 bridgehead atoms. The minimum atomic E-state index is -0.383. The number of rotatable bonds is 8. The molecule has 0 aliphatic carbocycles. The van der Waals surface area contributed by atoms with Gasteiger partial charge in [-0.05, 0) is 60.0 Å². The van der Waals surface area contributed by atoms with E-state index in [1.54, 1.807) is 6.92 Å². The Labute approximate surface area is 187 Å². The number of carbonyl (C=O) groups is 1. The van der Waals surface area contributed by atoms with Crippen molar-refractivity contribution >= 4 is 34.9 Å². The SMILES string of the molecule is C=C(C)C(=O)OCc1ccc(N(Cc2ccc(Cl)cc2)Cc2ccc(Cl)cc2)cc1. The van der Waals surface area contributed by atoms with Crippen LogP contribution in [0.1, 0.15) is 23.6 Å². The fourth-order valence-corrected chi connectivity index (χ4v) is 3.19. The van der Waals surface area contributed by atoms with Crippen LogP contribution in [0.4, 0.5) is 5.69 Å². The Morgan fingerprint density at radius 2 is 1.23 bits per heavy atom. The first-order valence-corrected chi connectivity index (χ1v) is 10.3. The maximum absolute atomic E-state index is 11.6. The maximum Gasteiger partial charge on any atom is 0.333 e. The van der Waals surface area contributed by atoms with Crippen molar-refractivity contribution in [3.63, 3.8) is 0 Å². The summed E-state index contributed by atoms with van der Waals surface area (Å²) in [6.45, 7) is 6.91. The van der Waals surface area contributed by atoms with Crippen molar-refractivity contribution in [1.82, 2.24) is 0 Å². The molecule has 0 saturated heterocycles. The number of esters is 1. The lowest BCUT2D eigenvalue weighted by molar-refractivity contribution is -0.140. The van der Waals surface area contributed by atoms with Crippen LogP contribution in [0, 0.1) is 0 Å². The Hall–Kier alpha value is -2.75. The molecule has 3 rings (SSSR count). The average Bonchev–Trinajstić information content (AvgIpc) is 2.75. The Morgan fingerprint density at radius 3 is 1.67 bits per heavy atom. The van der Waals surface area contributed by atoms with E-state index in [9.17, 15) is 4.79 Å². The molecule has 3 aromatic rings.